The lowest BCUT2D eigenvalue weighted by molar-refractivity contribution is -0.151. The van der Waals surface area contributed by atoms with Crippen molar-refractivity contribution in [3.05, 3.63) is 24.3 Å². The molecule has 0 aliphatic heterocycles. The van der Waals surface area contributed by atoms with E-state index in [1.54, 1.807) is 5.57 Å². The zero-order valence-electron chi connectivity index (χ0n) is 23.6. The molecule has 7 unspecified atom stereocenters. The Morgan fingerprint density at radius 2 is 1.89 bits per heavy atom. The molecule has 0 N–H and O–H groups in total. The second-order valence-corrected chi connectivity index (χ2v) is 13.8. The Bertz CT molecular complexity index is 780. The van der Waals surface area contributed by atoms with Crippen LogP contribution in [0.15, 0.2) is 24.3 Å². The van der Waals surface area contributed by atoms with Crippen LogP contribution in [0.3, 0.4) is 0 Å². The van der Waals surface area contributed by atoms with Crippen molar-refractivity contribution < 1.29 is 9.53 Å². The summed E-state index contributed by atoms with van der Waals surface area (Å²) in [6.07, 6.45) is 21.3. The second kappa shape index (κ2) is 11.1. The normalized spacial score (nSPS) is 39.3. The van der Waals surface area contributed by atoms with E-state index in [0.717, 1.165) is 61.2 Å². The minimum Gasteiger partial charge on any atom is -0.462 e. The molecule has 0 spiro atoms. The highest BCUT2D eigenvalue weighted by molar-refractivity contribution is 5.69. The van der Waals surface area contributed by atoms with Gasteiger partial charge in [0.25, 0.3) is 0 Å². The highest BCUT2D eigenvalue weighted by Gasteiger charge is 2.59. The fourth-order valence-electron chi connectivity index (χ4n) is 9.39. The van der Waals surface area contributed by atoms with E-state index in [2.05, 4.69) is 47.3 Å². The van der Waals surface area contributed by atoms with Crippen molar-refractivity contribution in [1.29, 1.82) is 0 Å². The van der Waals surface area contributed by atoms with Crippen LogP contribution in [0.1, 0.15) is 125 Å². The molecule has 0 aromatic rings. The summed E-state index contributed by atoms with van der Waals surface area (Å²) in [5, 5.41) is 0. The molecule has 0 heterocycles. The van der Waals surface area contributed by atoms with Gasteiger partial charge in [-0.1, -0.05) is 71.6 Å². The Morgan fingerprint density at radius 3 is 2.63 bits per heavy atom. The topological polar surface area (TPSA) is 26.3 Å². The van der Waals surface area contributed by atoms with Gasteiger partial charge in [0, 0.05) is 12.8 Å². The van der Waals surface area contributed by atoms with E-state index < -0.39 is 0 Å². The molecule has 8 atom stereocenters. The van der Waals surface area contributed by atoms with Gasteiger partial charge >= 0.3 is 5.97 Å². The van der Waals surface area contributed by atoms with Gasteiger partial charge in [-0.05, 0) is 104 Å². The highest BCUT2D eigenvalue weighted by Crippen LogP contribution is 2.67. The van der Waals surface area contributed by atoms with Gasteiger partial charge in [0.05, 0.1) is 0 Å². The van der Waals surface area contributed by atoms with E-state index in [0.29, 0.717) is 17.3 Å². The third-order valence-electron chi connectivity index (χ3n) is 11.3. The lowest BCUT2D eigenvalue weighted by Gasteiger charge is -2.58. The highest BCUT2D eigenvalue weighted by atomic mass is 16.5. The van der Waals surface area contributed by atoms with E-state index in [4.69, 9.17) is 4.74 Å². The molecule has 0 saturated heterocycles. The third-order valence-corrected chi connectivity index (χ3v) is 11.3. The first-order chi connectivity index (χ1) is 16.7. The maximum Gasteiger partial charge on any atom is 0.306 e. The van der Waals surface area contributed by atoms with Crippen LogP contribution in [0, 0.1) is 46.3 Å². The molecule has 0 radical (unpaired) electrons. The smallest absolute Gasteiger partial charge is 0.306 e. The first-order valence-corrected chi connectivity index (χ1v) is 15.2. The molecule has 2 heteroatoms. The van der Waals surface area contributed by atoms with Gasteiger partial charge in [0.1, 0.15) is 6.10 Å². The summed E-state index contributed by atoms with van der Waals surface area (Å²) in [6.45, 7) is 16.3. The van der Waals surface area contributed by atoms with E-state index in [1.165, 1.54) is 57.8 Å². The first-order valence-electron chi connectivity index (χ1n) is 15.2. The quantitative estimate of drug-likeness (QED) is 0.176. The zero-order valence-corrected chi connectivity index (χ0v) is 23.6. The number of unbranched alkanes of at least 4 members (excludes halogenated alkanes) is 1. The summed E-state index contributed by atoms with van der Waals surface area (Å²) in [6, 6.07) is 0. The van der Waals surface area contributed by atoms with Crippen molar-refractivity contribution in [2.45, 2.75) is 131 Å². The Balaban J connectivity index is 1.39. The fourth-order valence-corrected chi connectivity index (χ4v) is 9.39. The number of rotatable bonds is 10. The summed E-state index contributed by atoms with van der Waals surface area (Å²) >= 11 is 0. The molecule has 0 aromatic carbocycles. The molecule has 3 fully saturated rings. The standard InChI is InChI=1S/C33H54O2/c1-7-8-9-13-31(34)35-26-18-20-32(5)25(22-26)14-15-27-29-17-16-28(24(4)12-10-11-23(2)3)33(29,6)21-19-30(27)32/h7,14,23-24,26-30H,1,8-13,15-22H2,2-6H3/t24-,26?,27?,28?,29?,30?,32?,33?/m1/s1. The summed E-state index contributed by atoms with van der Waals surface area (Å²) in [4.78, 5) is 12.3. The number of allylic oxidation sites excluding steroid dienone is 2. The summed E-state index contributed by atoms with van der Waals surface area (Å²) < 4.78 is 5.93. The average Bonchev–Trinajstić information content (AvgIpc) is 3.16. The molecule has 0 amide bonds. The van der Waals surface area contributed by atoms with Crippen LogP contribution in [-0.4, -0.2) is 12.1 Å². The van der Waals surface area contributed by atoms with Crippen LogP contribution in [-0.2, 0) is 9.53 Å². The van der Waals surface area contributed by atoms with Crippen molar-refractivity contribution >= 4 is 5.97 Å². The minimum absolute atomic E-state index is 0.0114. The van der Waals surface area contributed by atoms with Gasteiger partial charge in [-0.15, -0.1) is 6.58 Å². The Labute approximate surface area is 216 Å². The van der Waals surface area contributed by atoms with Crippen molar-refractivity contribution in [2.75, 3.05) is 0 Å². The summed E-state index contributed by atoms with van der Waals surface area (Å²) in [7, 11) is 0. The lowest BCUT2D eigenvalue weighted by atomic mass is 9.47. The second-order valence-electron chi connectivity index (χ2n) is 13.8. The number of carbonyl (C=O) groups excluding carboxylic acids is 1. The molecular weight excluding hydrogens is 428 g/mol. The van der Waals surface area contributed by atoms with E-state index in [1.807, 2.05) is 6.08 Å². The first kappa shape index (κ1) is 27.0. The van der Waals surface area contributed by atoms with Gasteiger partial charge in [0.2, 0.25) is 0 Å². The average molecular weight is 483 g/mol. The van der Waals surface area contributed by atoms with Gasteiger partial charge in [0.15, 0.2) is 0 Å². The molecule has 3 saturated carbocycles. The van der Waals surface area contributed by atoms with Crippen LogP contribution in [0.25, 0.3) is 0 Å². The molecule has 4 rings (SSSR count). The van der Waals surface area contributed by atoms with Gasteiger partial charge < -0.3 is 4.74 Å². The Kier molecular flexibility index (Phi) is 8.59. The fraction of sp³-hybridized carbons (Fsp3) is 0.848. The molecule has 4 aliphatic carbocycles. The number of esters is 1. The predicted octanol–water partition coefficient (Wildman–Crippen LogP) is 9.30. The van der Waals surface area contributed by atoms with E-state index >= 15 is 0 Å². The monoisotopic (exact) mass is 482 g/mol. The van der Waals surface area contributed by atoms with E-state index in [-0.39, 0.29) is 12.1 Å². The minimum atomic E-state index is -0.0114. The van der Waals surface area contributed by atoms with Gasteiger partial charge in [-0.25, -0.2) is 0 Å². The van der Waals surface area contributed by atoms with Crippen molar-refractivity contribution in [3.8, 4) is 0 Å². The van der Waals surface area contributed by atoms with Gasteiger partial charge in [-0.2, -0.15) is 0 Å². The summed E-state index contributed by atoms with van der Waals surface area (Å²) in [5.74, 6) is 5.24. The van der Waals surface area contributed by atoms with Crippen molar-refractivity contribution in [3.63, 3.8) is 0 Å². The molecular formula is C33H54O2. The lowest BCUT2D eigenvalue weighted by Crippen LogP contribution is -2.51. The number of ether oxygens (including phenoxy) is 1. The van der Waals surface area contributed by atoms with Crippen LogP contribution in [0.2, 0.25) is 0 Å². The SMILES string of the molecule is C=CCCCC(=O)OC1CCC2(C)C(=CCC3C2CCC2(C)C3CCC2[C@H](C)CCCC(C)C)C1. The van der Waals surface area contributed by atoms with Crippen molar-refractivity contribution in [1.82, 2.24) is 0 Å². The predicted molar refractivity (Wildman–Crippen MR) is 147 cm³/mol. The van der Waals surface area contributed by atoms with Crippen LogP contribution in [0.5, 0.6) is 0 Å². The maximum absolute atomic E-state index is 12.3. The Hall–Kier alpha value is -1.05. The van der Waals surface area contributed by atoms with Crippen LogP contribution in [0.4, 0.5) is 0 Å². The molecule has 0 aromatic heterocycles. The third kappa shape index (κ3) is 5.47. The molecule has 35 heavy (non-hydrogen) atoms. The summed E-state index contributed by atoms with van der Waals surface area (Å²) in [5.41, 5.74) is 2.50. The van der Waals surface area contributed by atoms with Crippen molar-refractivity contribution in [2.24, 2.45) is 46.3 Å². The number of hydrogen-bond acceptors (Lipinski definition) is 2. The Morgan fingerprint density at radius 1 is 1.09 bits per heavy atom. The van der Waals surface area contributed by atoms with Crippen LogP contribution >= 0.6 is 0 Å². The molecule has 0 bridgehead atoms. The van der Waals surface area contributed by atoms with E-state index in [9.17, 15) is 4.79 Å². The molecule has 4 aliphatic rings. The van der Waals surface area contributed by atoms with Crippen LogP contribution < -0.4 is 0 Å². The molecule has 2 nitrogen and oxygen atoms in total. The largest absolute Gasteiger partial charge is 0.462 e. The zero-order chi connectivity index (χ0) is 25.2. The number of hydrogen-bond donors (Lipinski definition) is 0. The van der Waals surface area contributed by atoms with Gasteiger partial charge in [-0.3, -0.25) is 4.79 Å². The molecule has 198 valence electrons. The maximum atomic E-state index is 12.3. The number of fused-ring (bicyclic) bond motifs is 5. The number of carbonyl (C=O) groups is 1.